The molecule has 0 aliphatic heterocycles. The van der Waals surface area contributed by atoms with E-state index in [1.807, 2.05) is 14.0 Å². The number of nitrogens with zero attached hydrogens (tertiary/aromatic N) is 2. The van der Waals surface area contributed by atoms with Crippen molar-refractivity contribution >= 4 is 10.0 Å². The molecule has 0 atom stereocenters. The second-order valence-corrected chi connectivity index (χ2v) is 6.44. The van der Waals surface area contributed by atoms with Gasteiger partial charge in [0.05, 0.1) is 11.4 Å². The van der Waals surface area contributed by atoms with E-state index in [0.29, 0.717) is 18.3 Å². The van der Waals surface area contributed by atoms with Gasteiger partial charge in [-0.3, -0.25) is 0 Å². The highest BCUT2D eigenvalue weighted by molar-refractivity contribution is 7.89. The molecule has 8 heteroatoms. The Morgan fingerprint density at radius 2 is 2.00 bits per heavy atom. The summed E-state index contributed by atoms with van der Waals surface area (Å²) < 4.78 is 31.8. The number of hydrogen-bond donors (Lipinski definition) is 2. The summed E-state index contributed by atoms with van der Waals surface area (Å²) in [7, 11) is -1.79. The summed E-state index contributed by atoms with van der Waals surface area (Å²) in [4.78, 5) is 4.17. The number of sulfonamides is 1. The largest absolute Gasteiger partial charge is 0.340 e. The second kappa shape index (κ2) is 6.33. The highest BCUT2D eigenvalue weighted by Crippen LogP contribution is 2.15. The standard InChI is InChI=1S/C13H18N4O3S/c1-9-4-5-12(6-11(9)7-14-3)21(18,19)15-8-13-16-10(2)20-17-13/h4-6,14-15H,7-8H2,1-3H3. The van der Waals surface area contributed by atoms with Gasteiger partial charge in [-0.05, 0) is 37.2 Å². The van der Waals surface area contributed by atoms with Crippen LogP contribution < -0.4 is 10.0 Å². The van der Waals surface area contributed by atoms with Crippen molar-refractivity contribution < 1.29 is 12.9 Å². The SMILES string of the molecule is CNCc1cc(S(=O)(=O)NCc2noc(C)n2)ccc1C. The maximum absolute atomic E-state index is 12.3. The zero-order chi connectivity index (χ0) is 15.5. The first-order valence-electron chi connectivity index (χ1n) is 6.45. The maximum atomic E-state index is 12.3. The molecule has 0 aliphatic rings. The van der Waals surface area contributed by atoms with Crippen LogP contribution in [0.3, 0.4) is 0 Å². The fourth-order valence-electron chi connectivity index (χ4n) is 1.85. The molecule has 0 bridgehead atoms. The van der Waals surface area contributed by atoms with Crippen LogP contribution in [-0.4, -0.2) is 25.6 Å². The van der Waals surface area contributed by atoms with E-state index in [9.17, 15) is 8.42 Å². The molecule has 0 saturated carbocycles. The maximum Gasteiger partial charge on any atom is 0.240 e. The molecule has 1 heterocycles. The van der Waals surface area contributed by atoms with Crippen molar-refractivity contribution in [2.45, 2.75) is 31.8 Å². The predicted octanol–water partition coefficient (Wildman–Crippen LogP) is 0.884. The summed E-state index contributed by atoms with van der Waals surface area (Å²) >= 11 is 0. The molecule has 21 heavy (non-hydrogen) atoms. The molecule has 114 valence electrons. The average molecular weight is 310 g/mol. The van der Waals surface area contributed by atoms with Gasteiger partial charge in [0.2, 0.25) is 15.9 Å². The number of aromatic nitrogens is 2. The Balaban J connectivity index is 2.17. The summed E-state index contributed by atoms with van der Waals surface area (Å²) in [5, 5.41) is 6.67. The molecule has 0 amide bonds. The monoisotopic (exact) mass is 310 g/mol. The molecule has 0 saturated heterocycles. The van der Waals surface area contributed by atoms with E-state index < -0.39 is 10.0 Å². The van der Waals surface area contributed by atoms with E-state index in [1.54, 1.807) is 25.1 Å². The third-order valence-electron chi connectivity index (χ3n) is 2.99. The highest BCUT2D eigenvalue weighted by atomic mass is 32.2. The number of benzene rings is 1. The van der Waals surface area contributed by atoms with Gasteiger partial charge < -0.3 is 9.84 Å². The molecule has 0 fully saturated rings. The van der Waals surface area contributed by atoms with Crippen LogP contribution in [-0.2, 0) is 23.1 Å². The molecular weight excluding hydrogens is 292 g/mol. The smallest absolute Gasteiger partial charge is 0.240 e. The van der Waals surface area contributed by atoms with Gasteiger partial charge in [0, 0.05) is 13.5 Å². The minimum Gasteiger partial charge on any atom is -0.340 e. The van der Waals surface area contributed by atoms with Crippen molar-refractivity contribution in [2.24, 2.45) is 0 Å². The minimum absolute atomic E-state index is 0.00505. The Morgan fingerprint density at radius 3 is 2.62 bits per heavy atom. The van der Waals surface area contributed by atoms with Gasteiger partial charge in [-0.2, -0.15) is 4.98 Å². The fraction of sp³-hybridized carbons (Fsp3) is 0.385. The van der Waals surface area contributed by atoms with Crippen molar-refractivity contribution in [1.82, 2.24) is 20.2 Å². The lowest BCUT2D eigenvalue weighted by molar-refractivity contribution is 0.387. The topological polar surface area (TPSA) is 97.1 Å². The number of rotatable bonds is 6. The lowest BCUT2D eigenvalue weighted by atomic mass is 10.1. The van der Waals surface area contributed by atoms with E-state index >= 15 is 0 Å². The van der Waals surface area contributed by atoms with Crippen LogP contribution >= 0.6 is 0 Å². The van der Waals surface area contributed by atoms with E-state index in [0.717, 1.165) is 11.1 Å². The van der Waals surface area contributed by atoms with Crippen molar-refractivity contribution in [3.05, 3.63) is 41.0 Å². The lowest BCUT2D eigenvalue weighted by Gasteiger charge is -2.09. The Kier molecular flexibility index (Phi) is 4.71. The number of nitrogens with one attached hydrogen (secondary N) is 2. The number of hydrogen-bond acceptors (Lipinski definition) is 6. The van der Waals surface area contributed by atoms with Gasteiger partial charge in [-0.25, -0.2) is 13.1 Å². The molecule has 0 spiro atoms. The van der Waals surface area contributed by atoms with Gasteiger partial charge in [0.1, 0.15) is 0 Å². The summed E-state index contributed by atoms with van der Waals surface area (Å²) in [6.45, 7) is 4.20. The fourth-order valence-corrected chi connectivity index (χ4v) is 2.88. The first kappa shape index (κ1) is 15.6. The van der Waals surface area contributed by atoms with Gasteiger partial charge >= 0.3 is 0 Å². The van der Waals surface area contributed by atoms with E-state index in [4.69, 9.17) is 4.52 Å². The zero-order valence-electron chi connectivity index (χ0n) is 12.2. The first-order valence-corrected chi connectivity index (χ1v) is 7.93. The molecule has 0 unspecified atom stereocenters. The van der Waals surface area contributed by atoms with Crippen molar-refractivity contribution in [1.29, 1.82) is 0 Å². The van der Waals surface area contributed by atoms with E-state index in [-0.39, 0.29) is 11.4 Å². The van der Waals surface area contributed by atoms with Gasteiger partial charge in [0.25, 0.3) is 0 Å². The predicted molar refractivity (Wildman–Crippen MR) is 77.0 cm³/mol. The zero-order valence-corrected chi connectivity index (χ0v) is 13.0. The molecule has 2 N–H and O–H groups in total. The average Bonchev–Trinajstić information content (AvgIpc) is 2.85. The van der Waals surface area contributed by atoms with Gasteiger partial charge in [-0.15, -0.1) is 0 Å². The van der Waals surface area contributed by atoms with Crippen LogP contribution in [0, 0.1) is 13.8 Å². The molecule has 2 rings (SSSR count). The molecule has 1 aromatic carbocycles. The summed E-state index contributed by atoms with van der Waals surface area (Å²) in [5.41, 5.74) is 1.98. The van der Waals surface area contributed by atoms with Crippen LogP contribution in [0.25, 0.3) is 0 Å². The summed E-state index contributed by atoms with van der Waals surface area (Å²) in [6, 6.07) is 5.04. The Hall–Kier alpha value is -1.77. The Labute approximate surface area is 123 Å². The van der Waals surface area contributed by atoms with Crippen molar-refractivity contribution in [3.63, 3.8) is 0 Å². The van der Waals surface area contributed by atoms with Crippen LogP contribution in [0.2, 0.25) is 0 Å². The van der Waals surface area contributed by atoms with Crippen LogP contribution in [0.5, 0.6) is 0 Å². The van der Waals surface area contributed by atoms with E-state index in [1.165, 1.54) is 0 Å². The van der Waals surface area contributed by atoms with Gasteiger partial charge in [0.15, 0.2) is 5.82 Å². The quantitative estimate of drug-likeness (QED) is 0.822. The normalized spacial score (nSPS) is 11.8. The molecule has 0 aliphatic carbocycles. The number of aryl methyl sites for hydroxylation is 2. The van der Waals surface area contributed by atoms with Crippen LogP contribution in [0.15, 0.2) is 27.6 Å². The van der Waals surface area contributed by atoms with Crippen LogP contribution in [0.4, 0.5) is 0 Å². The van der Waals surface area contributed by atoms with Crippen LogP contribution in [0.1, 0.15) is 22.8 Å². The van der Waals surface area contributed by atoms with Gasteiger partial charge in [-0.1, -0.05) is 11.2 Å². The molecule has 0 radical (unpaired) electrons. The van der Waals surface area contributed by atoms with E-state index in [2.05, 4.69) is 20.2 Å². The van der Waals surface area contributed by atoms with Crippen molar-refractivity contribution in [2.75, 3.05) is 7.05 Å². The lowest BCUT2D eigenvalue weighted by Crippen LogP contribution is -2.24. The first-order chi connectivity index (χ1) is 9.92. The molecular formula is C13H18N4O3S. The summed E-state index contributed by atoms with van der Waals surface area (Å²) in [5.74, 6) is 0.703. The molecule has 2 aromatic rings. The minimum atomic E-state index is -3.61. The third kappa shape index (κ3) is 3.87. The molecule has 7 nitrogen and oxygen atoms in total. The second-order valence-electron chi connectivity index (χ2n) is 4.67. The highest BCUT2D eigenvalue weighted by Gasteiger charge is 2.16. The third-order valence-corrected chi connectivity index (χ3v) is 4.39. The molecule has 1 aromatic heterocycles. The Bertz CT molecular complexity index is 725. The van der Waals surface area contributed by atoms with Crippen molar-refractivity contribution in [3.8, 4) is 0 Å². The Morgan fingerprint density at radius 1 is 1.24 bits per heavy atom. The summed E-state index contributed by atoms with van der Waals surface area (Å²) in [6.07, 6.45) is 0.